The predicted octanol–water partition coefficient (Wildman–Crippen LogP) is 5.64. The minimum absolute atomic E-state index is 0.167. The molecule has 0 saturated carbocycles. The normalized spacial score (nSPS) is 11.7. The molecule has 0 bridgehead atoms. The van der Waals surface area contributed by atoms with E-state index in [-0.39, 0.29) is 5.97 Å². The SMILES string of the molecule is COC(=O)CCCC#CC=CCCCCC=C(Br)C=CBr. The third kappa shape index (κ3) is 15.4. The van der Waals surface area contributed by atoms with Crippen molar-refractivity contribution in [2.24, 2.45) is 0 Å². The van der Waals surface area contributed by atoms with E-state index in [0.29, 0.717) is 6.42 Å². The lowest BCUT2D eigenvalue weighted by molar-refractivity contribution is -0.140. The summed E-state index contributed by atoms with van der Waals surface area (Å²) in [6.07, 6.45) is 14.5. The Balaban J connectivity index is 3.53. The number of hydrogen-bond donors (Lipinski definition) is 0. The average Bonchev–Trinajstić information content (AvgIpc) is 2.48. The number of carbonyl (C=O) groups excluding carboxylic acids is 1. The van der Waals surface area contributed by atoms with Crippen molar-refractivity contribution >= 4 is 37.8 Å². The Bertz CT molecular complexity index is 426. The number of halogens is 2. The zero-order valence-corrected chi connectivity index (χ0v) is 15.6. The second-order valence-electron chi connectivity index (χ2n) is 4.32. The average molecular weight is 418 g/mol. The van der Waals surface area contributed by atoms with Crippen molar-refractivity contribution in [1.29, 1.82) is 0 Å². The third-order valence-electron chi connectivity index (χ3n) is 2.60. The summed E-state index contributed by atoms with van der Waals surface area (Å²) in [7, 11) is 1.41. The van der Waals surface area contributed by atoms with Gasteiger partial charge in [0.1, 0.15) is 0 Å². The number of ether oxygens (including phenoxy) is 1. The molecule has 0 spiro atoms. The zero-order chi connectivity index (χ0) is 15.8. The smallest absolute Gasteiger partial charge is 0.305 e. The molecule has 0 unspecified atom stereocenters. The summed E-state index contributed by atoms with van der Waals surface area (Å²) >= 11 is 6.70. The van der Waals surface area contributed by atoms with Gasteiger partial charge >= 0.3 is 5.97 Å². The first-order valence-electron chi connectivity index (χ1n) is 7.03. The Morgan fingerprint density at radius 1 is 1.24 bits per heavy atom. The van der Waals surface area contributed by atoms with Crippen molar-refractivity contribution in [3.63, 3.8) is 0 Å². The Morgan fingerprint density at radius 3 is 2.71 bits per heavy atom. The summed E-state index contributed by atoms with van der Waals surface area (Å²) in [6.45, 7) is 0. The fraction of sp³-hybridized carbons (Fsp3) is 0.471. The van der Waals surface area contributed by atoms with Crippen LogP contribution in [0.5, 0.6) is 0 Å². The van der Waals surface area contributed by atoms with Gasteiger partial charge in [0.2, 0.25) is 0 Å². The first-order valence-corrected chi connectivity index (χ1v) is 8.74. The zero-order valence-electron chi connectivity index (χ0n) is 12.4. The number of carbonyl (C=O) groups is 1. The highest BCUT2D eigenvalue weighted by Crippen LogP contribution is 2.11. The Hall–Kier alpha value is -0.790. The van der Waals surface area contributed by atoms with E-state index in [2.05, 4.69) is 60.6 Å². The van der Waals surface area contributed by atoms with E-state index < -0.39 is 0 Å². The van der Waals surface area contributed by atoms with Crippen LogP contribution in [0.15, 0.2) is 33.8 Å². The van der Waals surface area contributed by atoms with Crippen LogP contribution in [-0.2, 0) is 9.53 Å². The molecule has 0 aliphatic carbocycles. The molecule has 0 aliphatic rings. The molecule has 0 aromatic carbocycles. The molecule has 116 valence electrons. The molecule has 0 aromatic rings. The van der Waals surface area contributed by atoms with E-state index in [4.69, 9.17) is 0 Å². The summed E-state index contributed by atoms with van der Waals surface area (Å²) in [4.78, 5) is 12.7. The fourth-order valence-corrected chi connectivity index (χ4v) is 2.47. The first-order chi connectivity index (χ1) is 10.2. The van der Waals surface area contributed by atoms with Crippen molar-refractivity contribution in [2.75, 3.05) is 7.11 Å². The predicted molar refractivity (Wildman–Crippen MR) is 96.3 cm³/mol. The highest BCUT2D eigenvalue weighted by atomic mass is 79.9. The van der Waals surface area contributed by atoms with Gasteiger partial charge in [-0.1, -0.05) is 55.9 Å². The molecule has 0 atom stereocenters. The van der Waals surface area contributed by atoms with E-state index in [0.717, 1.165) is 36.6 Å². The summed E-state index contributed by atoms with van der Waals surface area (Å²) in [6, 6.07) is 0. The van der Waals surface area contributed by atoms with Gasteiger partial charge in [-0.05, 0) is 49.2 Å². The van der Waals surface area contributed by atoms with E-state index in [1.54, 1.807) is 0 Å². The molecule has 0 fully saturated rings. The molecule has 0 radical (unpaired) electrons. The van der Waals surface area contributed by atoms with Crippen LogP contribution in [-0.4, -0.2) is 13.1 Å². The van der Waals surface area contributed by atoms with Crippen LogP contribution in [0.1, 0.15) is 44.9 Å². The van der Waals surface area contributed by atoms with Crippen molar-refractivity contribution in [3.05, 3.63) is 33.8 Å². The maximum atomic E-state index is 10.9. The van der Waals surface area contributed by atoms with Gasteiger partial charge in [-0.3, -0.25) is 4.79 Å². The minimum Gasteiger partial charge on any atom is -0.469 e. The molecule has 4 heteroatoms. The quantitative estimate of drug-likeness (QED) is 0.210. The van der Waals surface area contributed by atoms with Crippen molar-refractivity contribution in [2.45, 2.75) is 44.9 Å². The molecular weight excluding hydrogens is 396 g/mol. The van der Waals surface area contributed by atoms with Crippen LogP contribution in [0.3, 0.4) is 0 Å². The Labute approximate surface area is 145 Å². The van der Waals surface area contributed by atoms with Gasteiger partial charge < -0.3 is 4.74 Å². The Morgan fingerprint density at radius 2 is 2.00 bits per heavy atom. The van der Waals surface area contributed by atoms with E-state index in [1.165, 1.54) is 13.5 Å². The molecule has 21 heavy (non-hydrogen) atoms. The minimum atomic E-state index is -0.167. The molecule has 0 rings (SSSR count). The van der Waals surface area contributed by atoms with Gasteiger partial charge in [0.05, 0.1) is 7.11 Å². The second kappa shape index (κ2) is 15.6. The molecular formula is C17H22Br2O2. The lowest BCUT2D eigenvalue weighted by atomic mass is 10.2. The van der Waals surface area contributed by atoms with Crippen LogP contribution in [0, 0.1) is 11.8 Å². The standard InChI is InChI=1S/C17H22Br2O2/c1-21-17(20)13-11-9-7-5-3-2-4-6-8-10-12-16(19)14-15-18/h2-3,12,14-15H,4,6,8-11,13H2,1H3. The molecule has 0 heterocycles. The molecule has 2 nitrogen and oxygen atoms in total. The van der Waals surface area contributed by atoms with Gasteiger partial charge in [0.25, 0.3) is 0 Å². The topological polar surface area (TPSA) is 26.3 Å². The molecule has 0 amide bonds. The Kier molecular flexibility index (Phi) is 15.0. The van der Waals surface area contributed by atoms with E-state index in [1.807, 2.05) is 17.1 Å². The van der Waals surface area contributed by atoms with Gasteiger partial charge in [0, 0.05) is 17.3 Å². The maximum absolute atomic E-state index is 10.9. The highest BCUT2D eigenvalue weighted by molar-refractivity contribution is 9.12. The largest absolute Gasteiger partial charge is 0.469 e. The molecule has 0 aromatic heterocycles. The van der Waals surface area contributed by atoms with Crippen LogP contribution in [0.2, 0.25) is 0 Å². The van der Waals surface area contributed by atoms with Gasteiger partial charge in [0.15, 0.2) is 0 Å². The van der Waals surface area contributed by atoms with Crippen LogP contribution in [0.25, 0.3) is 0 Å². The molecule has 0 aliphatic heterocycles. The van der Waals surface area contributed by atoms with Crippen LogP contribution >= 0.6 is 31.9 Å². The van der Waals surface area contributed by atoms with Crippen molar-refractivity contribution in [3.8, 4) is 11.8 Å². The van der Waals surface area contributed by atoms with Crippen molar-refractivity contribution < 1.29 is 9.53 Å². The van der Waals surface area contributed by atoms with E-state index in [9.17, 15) is 4.79 Å². The summed E-state index contributed by atoms with van der Waals surface area (Å²) in [5.74, 6) is 5.84. The maximum Gasteiger partial charge on any atom is 0.305 e. The molecule has 0 saturated heterocycles. The first kappa shape index (κ1) is 20.2. The number of allylic oxidation sites excluding steroid dienone is 5. The van der Waals surface area contributed by atoms with Gasteiger partial charge in [-0.25, -0.2) is 0 Å². The van der Waals surface area contributed by atoms with Crippen LogP contribution < -0.4 is 0 Å². The van der Waals surface area contributed by atoms with Crippen LogP contribution in [0.4, 0.5) is 0 Å². The summed E-state index contributed by atoms with van der Waals surface area (Å²) in [5, 5.41) is 0. The number of hydrogen-bond acceptors (Lipinski definition) is 2. The third-order valence-corrected chi connectivity index (χ3v) is 3.45. The summed E-state index contributed by atoms with van der Waals surface area (Å²) in [5.41, 5.74) is 0. The van der Waals surface area contributed by atoms with E-state index >= 15 is 0 Å². The monoisotopic (exact) mass is 416 g/mol. The second-order valence-corrected chi connectivity index (χ2v) is 5.76. The lowest BCUT2D eigenvalue weighted by Gasteiger charge is -1.94. The number of rotatable bonds is 9. The van der Waals surface area contributed by atoms with Gasteiger partial charge in [-0.2, -0.15) is 0 Å². The number of esters is 1. The summed E-state index contributed by atoms with van der Waals surface area (Å²) < 4.78 is 5.66. The molecule has 0 N–H and O–H groups in total. The highest BCUT2D eigenvalue weighted by Gasteiger charge is 1.96. The van der Waals surface area contributed by atoms with Crippen molar-refractivity contribution in [1.82, 2.24) is 0 Å². The number of methoxy groups -OCH3 is 1. The number of unbranched alkanes of at least 4 members (excludes halogenated alkanes) is 4. The lowest BCUT2D eigenvalue weighted by Crippen LogP contribution is -1.98. The fourth-order valence-electron chi connectivity index (χ4n) is 1.47. The van der Waals surface area contributed by atoms with Gasteiger partial charge in [-0.15, -0.1) is 0 Å².